The lowest BCUT2D eigenvalue weighted by atomic mass is 10.2. The molecule has 1 unspecified atom stereocenters. The molecule has 0 saturated heterocycles. The van der Waals surface area contributed by atoms with Crippen LogP contribution in [0.15, 0.2) is 40.8 Å². The smallest absolute Gasteiger partial charge is 0.287 e. The number of rotatable bonds is 4. The summed E-state index contributed by atoms with van der Waals surface area (Å²) in [5.41, 5.74) is 0.647. The minimum atomic E-state index is -0.341. The van der Waals surface area contributed by atoms with Crippen molar-refractivity contribution in [2.24, 2.45) is 0 Å². The maximum Gasteiger partial charge on any atom is 0.287 e. The van der Waals surface area contributed by atoms with Crippen molar-refractivity contribution < 1.29 is 14.3 Å². The van der Waals surface area contributed by atoms with Gasteiger partial charge in [0.1, 0.15) is 11.5 Å². The van der Waals surface area contributed by atoms with E-state index < -0.39 is 0 Å². The van der Waals surface area contributed by atoms with E-state index in [1.165, 1.54) is 0 Å². The third-order valence-electron chi connectivity index (χ3n) is 2.67. The minimum Gasteiger partial charge on any atom is -0.508 e. The second-order valence-electron chi connectivity index (χ2n) is 4.13. The lowest BCUT2D eigenvalue weighted by molar-refractivity contribution is 0.0921. The number of nitrogens with one attached hydrogen (secondary N) is 1. The number of phenolic OH excluding ortho intramolecular Hbond substituents is 1. The highest BCUT2D eigenvalue weighted by atomic mass is 35.5. The van der Waals surface area contributed by atoms with Crippen LogP contribution in [0.4, 0.5) is 0 Å². The molecule has 0 spiro atoms. The Morgan fingerprint density at radius 1 is 1.37 bits per heavy atom. The molecule has 0 fully saturated rings. The average molecular weight is 280 g/mol. The molecule has 0 aliphatic rings. The molecule has 1 aromatic heterocycles. The van der Waals surface area contributed by atoms with Gasteiger partial charge in [-0.2, -0.15) is 0 Å². The van der Waals surface area contributed by atoms with Crippen LogP contribution >= 0.6 is 11.6 Å². The first-order valence-electron chi connectivity index (χ1n) is 5.87. The molecule has 2 N–H and O–H groups in total. The number of carbonyl (C=O) groups excluding carboxylic acids is 1. The number of hydrogen-bond acceptors (Lipinski definition) is 3. The van der Waals surface area contributed by atoms with Gasteiger partial charge in [0.25, 0.3) is 5.91 Å². The summed E-state index contributed by atoms with van der Waals surface area (Å²) in [4.78, 5) is 11.8. The lowest BCUT2D eigenvalue weighted by Gasteiger charge is -2.05. The molecule has 0 radical (unpaired) electrons. The zero-order valence-corrected chi connectivity index (χ0v) is 11.1. The third kappa shape index (κ3) is 3.29. The fourth-order valence-electron chi connectivity index (χ4n) is 1.61. The predicted molar refractivity (Wildman–Crippen MR) is 72.3 cm³/mol. The largest absolute Gasteiger partial charge is 0.508 e. The van der Waals surface area contributed by atoms with E-state index in [1.807, 2.05) is 0 Å². The van der Waals surface area contributed by atoms with Crippen LogP contribution in [0.5, 0.6) is 5.75 Å². The molecule has 2 rings (SSSR count). The normalized spacial score (nSPS) is 12.1. The van der Waals surface area contributed by atoms with Crippen LogP contribution in [0.25, 0.3) is 0 Å². The van der Waals surface area contributed by atoms with Crippen LogP contribution in [0.2, 0.25) is 0 Å². The summed E-state index contributed by atoms with van der Waals surface area (Å²) >= 11 is 5.86. The maximum absolute atomic E-state index is 11.8. The Labute approximate surface area is 116 Å². The molecule has 4 nitrogen and oxygen atoms in total. The minimum absolute atomic E-state index is 0.150. The van der Waals surface area contributed by atoms with Crippen molar-refractivity contribution in [3.63, 3.8) is 0 Å². The first kappa shape index (κ1) is 13.5. The predicted octanol–water partition coefficient (Wildman–Crippen LogP) is 3.22. The molecule has 0 bridgehead atoms. The van der Waals surface area contributed by atoms with Gasteiger partial charge >= 0.3 is 0 Å². The Bertz CT molecular complexity index is 578. The molecule has 5 heteroatoms. The van der Waals surface area contributed by atoms with Crippen molar-refractivity contribution in [1.29, 1.82) is 0 Å². The first-order chi connectivity index (χ1) is 9.08. The molecule has 1 aromatic carbocycles. The molecule has 1 atom stereocenters. The van der Waals surface area contributed by atoms with Crippen LogP contribution < -0.4 is 5.32 Å². The van der Waals surface area contributed by atoms with Crippen LogP contribution in [0, 0.1) is 0 Å². The number of benzene rings is 1. The monoisotopic (exact) mass is 279 g/mol. The Balaban J connectivity index is 1.99. The fraction of sp³-hybridized carbons (Fsp3) is 0.214. The van der Waals surface area contributed by atoms with Crippen LogP contribution in [0.3, 0.4) is 0 Å². The van der Waals surface area contributed by atoms with E-state index in [9.17, 15) is 9.90 Å². The van der Waals surface area contributed by atoms with E-state index in [0.717, 1.165) is 0 Å². The Morgan fingerprint density at radius 2 is 2.11 bits per heavy atom. The third-order valence-corrected chi connectivity index (χ3v) is 2.89. The fourth-order valence-corrected chi connectivity index (χ4v) is 1.73. The summed E-state index contributed by atoms with van der Waals surface area (Å²) in [6.45, 7) is 2.00. The van der Waals surface area contributed by atoms with Gasteiger partial charge in [-0.25, -0.2) is 0 Å². The van der Waals surface area contributed by atoms with Crippen molar-refractivity contribution in [1.82, 2.24) is 5.32 Å². The molecule has 0 aliphatic carbocycles. The van der Waals surface area contributed by atoms with Gasteiger partial charge < -0.3 is 14.8 Å². The van der Waals surface area contributed by atoms with Gasteiger partial charge in [0.15, 0.2) is 5.76 Å². The number of amides is 1. The average Bonchev–Trinajstić information content (AvgIpc) is 2.87. The molecular formula is C14H14ClNO3. The Hall–Kier alpha value is -1.94. The number of hydrogen-bond donors (Lipinski definition) is 2. The van der Waals surface area contributed by atoms with Gasteiger partial charge in [-0.15, -0.1) is 11.6 Å². The molecule has 2 aromatic rings. The molecule has 0 saturated carbocycles. The number of phenols is 1. The van der Waals surface area contributed by atoms with Gasteiger partial charge in [-0.3, -0.25) is 4.79 Å². The van der Waals surface area contributed by atoms with Crippen molar-refractivity contribution in [2.45, 2.75) is 18.8 Å². The maximum atomic E-state index is 11.8. The zero-order valence-electron chi connectivity index (χ0n) is 10.4. The zero-order chi connectivity index (χ0) is 13.8. The highest BCUT2D eigenvalue weighted by molar-refractivity contribution is 6.20. The van der Waals surface area contributed by atoms with E-state index in [1.54, 1.807) is 43.3 Å². The van der Waals surface area contributed by atoms with E-state index >= 15 is 0 Å². The summed E-state index contributed by atoms with van der Waals surface area (Å²) in [6.07, 6.45) is 0. The van der Waals surface area contributed by atoms with Crippen molar-refractivity contribution in [2.75, 3.05) is 0 Å². The van der Waals surface area contributed by atoms with Gasteiger partial charge in [0.05, 0.1) is 5.38 Å². The highest BCUT2D eigenvalue weighted by Crippen LogP contribution is 2.21. The van der Waals surface area contributed by atoms with Crippen molar-refractivity contribution in [3.8, 4) is 5.75 Å². The molecule has 19 heavy (non-hydrogen) atoms. The van der Waals surface area contributed by atoms with E-state index in [-0.39, 0.29) is 29.3 Å². The van der Waals surface area contributed by atoms with Gasteiger partial charge in [-0.05, 0) is 25.1 Å². The molecule has 100 valence electrons. The topological polar surface area (TPSA) is 62.5 Å². The summed E-state index contributed by atoms with van der Waals surface area (Å²) in [5.74, 6) is 0.566. The number of carbonyl (C=O) groups is 1. The van der Waals surface area contributed by atoms with E-state index in [4.69, 9.17) is 16.0 Å². The van der Waals surface area contributed by atoms with Gasteiger partial charge in [0.2, 0.25) is 0 Å². The summed E-state index contributed by atoms with van der Waals surface area (Å²) < 4.78 is 5.32. The lowest BCUT2D eigenvalue weighted by Crippen LogP contribution is -2.22. The van der Waals surface area contributed by atoms with Gasteiger partial charge in [-0.1, -0.05) is 18.2 Å². The number of aromatic hydroxyl groups is 1. The second-order valence-corrected chi connectivity index (χ2v) is 4.78. The summed E-state index contributed by atoms with van der Waals surface area (Å²) in [6, 6.07) is 10.1. The highest BCUT2D eigenvalue weighted by Gasteiger charge is 2.13. The molecule has 1 heterocycles. The molecule has 1 amide bonds. The SMILES string of the molecule is CC(Cl)c1ccc(C(=O)NCc2ccccc2O)o1. The first-order valence-corrected chi connectivity index (χ1v) is 6.30. The quantitative estimate of drug-likeness (QED) is 0.845. The second kappa shape index (κ2) is 5.80. The summed E-state index contributed by atoms with van der Waals surface area (Å²) in [7, 11) is 0. The number of furan rings is 1. The molecular weight excluding hydrogens is 266 g/mol. The van der Waals surface area contributed by atoms with Crippen LogP contribution in [-0.2, 0) is 6.54 Å². The van der Waals surface area contributed by atoms with Crippen LogP contribution in [0.1, 0.15) is 34.2 Å². The Morgan fingerprint density at radius 3 is 2.74 bits per heavy atom. The van der Waals surface area contributed by atoms with Crippen LogP contribution in [-0.4, -0.2) is 11.0 Å². The Kier molecular flexibility index (Phi) is 4.12. The number of halogens is 1. The van der Waals surface area contributed by atoms with E-state index in [0.29, 0.717) is 11.3 Å². The van der Waals surface area contributed by atoms with Crippen molar-refractivity contribution in [3.05, 3.63) is 53.5 Å². The number of para-hydroxylation sites is 1. The van der Waals surface area contributed by atoms with Gasteiger partial charge in [0, 0.05) is 12.1 Å². The van der Waals surface area contributed by atoms with E-state index in [2.05, 4.69) is 5.32 Å². The molecule has 0 aliphatic heterocycles. The standard InChI is InChI=1S/C14H14ClNO3/c1-9(15)12-6-7-13(19-12)14(18)16-8-10-4-2-3-5-11(10)17/h2-7,9,17H,8H2,1H3,(H,16,18). The van der Waals surface area contributed by atoms with Crippen molar-refractivity contribution >= 4 is 17.5 Å². The number of alkyl halides is 1. The summed E-state index contributed by atoms with van der Waals surface area (Å²) in [5, 5.41) is 12.0.